The number of aryl methyl sites for hydroxylation is 1. The number of primary amides is 1. The van der Waals surface area contributed by atoms with Crippen LogP contribution in [0.2, 0.25) is 0 Å². The van der Waals surface area contributed by atoms with Crippen LogP contribution in [0.15, 0.2) is 24.3 Å². The molecule has 5 heteroatoms. The lowest BCUT2D eigenvalue weighted by Gasteiger charge is -2.37. The predicted molar refractivity (Wildman–Crippen MR) is 99.7 cm³/mol. The molecule has 2 heterocycles. The minimum atomic E-state index is -0.245. The molecular formula is C20H31N3O2. The third-order valence-corrected chi connectivity index (χ3v) is 5.38. The van der Waals surface area contributed by atoms with Crippen LogP contribution in [-0.2, 0) is 11.2 Å². The molecule has 1 saturated heterocycles. The highest BCUT2D eigenvalue weighted by molar-refractivity contribution is 5.75. The zero-order chi connectivity index (χ0) is 17.5. The summed E-state index contributed by atoms with van der Waals surface area (Å²) in [6, 6.07) is 9.16. The summed E-state index contributed by atoms with van der Waals surface area (Å²) in [5.41, 5.74) is 6.80. The highest BCUT2D eigenvalue weighted by atomic mass is 16.5. The molecule has 1 amide bonds. The van der Waals surface area contributed by atoms with Crippen molar-refractivity contribution in [3.8, 4) is 5.75 Å². The normalized spacial score (nSPS) is 23.9. The molecule has 1 aromatic rings. The van der Waals surface area contributed by atoms with Crippen molar-refractivity contribution in [2.75, 3.05) is 39.3 Å². The molecule has 2 aliphatic heterocycles. The molecule has 0 spiro atoms. The monoisotopic (exact) mass is 345 g/mol. The van der Waals surface area contributed by atoms with Crippen LogP contribution < -0.4 is 10.5 Å². The first kappa shape index (κ1) is 18.2. The van der Waals surface area contributed by atoms with Gasteiger partial charge in [-0.1, -0.05) is 18.6 Å². The van der Waals surface area contributed by atoms with Crippen molar-refractivity contribution in [2.24, 2.45) is 5.73 Å². The van der Waals surface area contributed by atoms with E-state index >= 15 is 0 Å². The van der Waals surface area contributed by atoms with Gasteiger partial charge in [0.15, 0.2) is 0 Å². The molecule has 2 bridgehead atoms. The summed E-state index contributed by atoms with van der Waals surface area (Å²) in [4.78, 5) is 16.2. The number of rotatable bonds is 2. The molecule has 0 aliphatic carbocycles. The number of fused-ring (bicyclic) bond motifs is 3. The summed E-state index contributed by atoms with van der Waals surface area (Å²) in [5, 5.41) is 0. The van der Waals surface area contributed by atoms with Gasteiger partial charge in [0.05, 0.1) is 13.2 Å². The number of carbonyl (C=O) groups excluding carboxylic acids is 1. The number of ether oxygens (including phenoxy) is 1. The average Bonchev–Trinajstić information content (AvgIpc) is 2.61. The fourth-order valence-electron chi connectivity index (χ4n) is 4.04. The van der Waals surface area contributed by atoms with Gasteiger partial charge in [0.2, 0.25) is 5.91 Å². The molecule has 1 unspecified atom stereocenters. The number of hydrogen-bond donors (Lipinski definition) is 1. The summed E-state index contributed by atoms with van der Waals surface area (Å²) in [6.45, 7) is 4.97. The maximum absolute atomic E-state index is 11.4. The third-order valence-electron chi connectivity index (χ3n) is 5.38. The Morgan fingerprint density at radius 1 is 1.12 bits per heavy atom. The van der Waals surface area contributed by atoms with Crippen LogP contribution in [0, 0.1) is 0 Å². The van der Waals surface area contributed by atoms with Crippen LogP contribution >= 0.6 is 0 Å². The Labute approximate surface area is 151 Å². The van der Waals surface area contributed by atoms with Crippen LogP contribution in [0.25, 0.3) is 0 Å². The number of nitrogens with zero attached hydrogens (tertiary/aromatic N) is 2. The standard InChI is InChI=1S/C20H31N3O2/c21-20(24)16-22-10-4-14-25-19-7-3-5-17(15-19)8-9-18-6-1-2-11-23(18)13-12-22/h3,5,7,15,18H,1-2,4,6,8-14,16H2,(H2,21,24). The van der Waals surface area contributed by atoms with Crippen molar-refractivity contribution < 1.29 is 9.53 Å². The van der Waals surface area contributed by atoms with E-state index in [0.717, 1.165) is 38.2 Å². The van der Waals surface area contributed by atoms with E-state index in [1.54, 1.807) is 0 Å². The smallest absolute Gasteiger partial charge is 0.231 e. The van der Waals surface area contributed by atoms with Crippen molar-refractivity contribution in [3.05, 3.63) is 29.8 Å². The Morgan fingerprint density at radius 2 is 2.04 bits per heavy atom. The van der Waals surface area contributed by atoms with Gasteiger partial charge >= 0.3 is 0 Å². The van der Waals surface area contributed by atoms with E-state index in [2.05, 4.69) is 28.0 Å². The lowest BCUT2D eigenvalue weighted by atomic mass is 9.95. The molecule has 0 radical (unpaired) electrons. The van der Waals surface area contributed by atoms with Gasteiger partial charge in [-0.25, -0.2) is 0 Å². The Balaban J connectivity index is 1.71. The van der Waals surface area contributed by atoms with Gasteiger partial charge in [-0.2, -0.15) is 0 Å². The van der Waals surface area contributed by atoms with Crippen LogP contribution in [0.5, 0.6) is 5.75 Å². The molecule has 3 rings (SSSR count). The number of hydrogen-bond acceptors (Lipinski definition) is 4. The SMILES string of the molecule is NC(=O)CN1CCCOc2cccc(c2)CCC2CCCCN2CC1. The van der Waals surface area contributed by atoms with Gasteiger partial charge in [0, 0.05) is 25.7 Å². The molecule has 2 N–H and O–H groups in total. The van der Waals surface area contributed by atoms with Crippen molar-refractivity contribution in [1.29, 1.82) is 0 Å². The van der Waals surface area contributed by atoms with Gasteiger partial charge < -0.3 is 10.5 Å². The number of carbonyl (C=O) groups is 1. The lowest BCUT2D eigenvalue weighted by Crippen LogP contribution is -2.45. The van der Waals surface area contributed by atoms with E-state index in [4.69, 9.17) is 10.5 Å². The quantitative estimate of drug-likeness (QED) is 0.891. The summed E-state index contributed by atoms with van der Waals surface area (Å²) >= 11 is 0. The molecule has 1 fully saturated rings. The minimum Gasteiger partial charge on any atom is -0.494 e. The lowest BCUT2D eigenvalue weighted by molar-refractivity contribution is -0.119. The summed E-state index contributed by atoms with van der Waals surface area (Å²) in [6.07, 6.45) is 7.10. The molecule has 0 saturated carbocycles. The van der Waals surface area contributed by atoms with Crippen molar-refractivity contribution >= 4 is 5.91 Å². The van der Waals surface area contributed by atoms with Gasteiger partial charge in [-0.15, -0.1) is 0 Å². The molecule has 138 valence electrons. The van der Waals surface area contributed by atoms with E-state index in [1.165, 1.54) is 37.8 Å². The summed E-state index contributed by atoms with van der Waals surface area (Å²) in [5.74, 6) is 0.710. The van der Waals surface area contributed by atoms with E-state index in [1.807, 2.05) is 6.07 Å². The van der Waals surface area contributed by atoms with Gasteiger partial charge in [0.25, 0.3) is 0 Å². The first-order valence-corrected chi connectivity index (χ1v) is 9.67. The number of piperidine rings is 1. The Hall–Kier alpha value is -1.59. The maximum Gasteiger partial charge on any atom is 0.231 e. The highest BCUT2D eigenvalue weighted by Crippen LogP contribution is 2.23. The Morgan fingerprint density at radius 3 is 2.92 bits per heavy atom. The van der Waals surface area contributed by atoms with Gasteiger partial charge in [-0.3, -0.25) is 14.6 Å². The van der Waals surface area contributed by atoms with Crippen molar-refractivity contribution in [1.82, 2.24) is 9.80 Å². The fourth-order valence-corrected chi connectivity index (χ4v) is 4.04. The second-order valence-corrected chi connectivity index (χ2v) is 7.32. The summed E-state index contributed by atoms with van der Waals surface area (Å²) < 4.78 is 5.90. The molecule has 0 aromatic heterocycles. The molecule has 2 aliphatic rings. The molecule has 1 atom stereocenters. The second-order valence-electron chi connectivity index (χ2n) is 7.32. The molecule has 5 nitrogen and oxygen atoms in total. The fraction of sp³-hybridized carbons (Fsp3) is 0.650. The average molecular weight is 345 g/mol. The predicted octanol–water partition coefficient (Wildman–Crippen LogP) is 2.04. The van der Waals surface area contributed by atoms with Crippen LogP contribution in [0.3, 0.4) is 0 Å². The minimum absolute atomic E-state index is 0.245. The first-order valence-electron chi connectivity index (χ1n) is 9.67. The summed E-state index contributed by atoms with van der Waals surface area (Å²) in [7, 11) is 0. The van der Waals surface area contributed by atoms with E-state index in [-0.39, 0.29) is 5.91 Å². The topological polar surface area (TPSA) is 58.8 Å². The van der Waals surface area contributed by atoms with Crippen molar-refractivity contribution in [2.45, 2.75) is 44.6 Å². The van der Waals surface area contributed by atoms with Gasteiger partial charge in [-0.05, 0) is 56.3 Å². The number of amides is 1. The first-order chi connectivity index (χ1) is 12.2. The number of nitrogens with two attached hydrogens (primary N) is 1. The van der Waals surface area contributed by atoms with Crippen molar-refractivity contribution in [3.63, 3.8) is 0 Å². The Kier molecular flexibility index (Phi) is 6.70. The zero-order valence-corrected chi connectivity index (χ0v) is 15.2. The second kappa shape index (κ2) is 9.20. The molecule has 25 heavy (non-hydrogen) atoms. The van der Waals surface area contributed by atoms with Gasteiger partial charge in [0.1, 0.15) is 5.75 Å². The van der Waals surface area contributed by atoms with E-state index < -0.39 is 0 Å². The number of benzene rings is 1. The third kappa shape index (κ3) is 5.72. The Bertz CT molecular complexity index is 564. The van der Waals surface area contributed by atoms with E-state index in [0.29, 0.717) is 19.2 Å². The van der Waals surface area contributed by atoms with E-state index in [9.17, 15) is 4.79 Å². The maximum atomic E-state index is 11.4. The van der Waals surface area contributed by atoms with Crippen LogP contribution in [-0.4, -0.2) is 61.1 Å². The molecule has 1 aromatic carbocycles. The van der Waals surface area contributed by atoms with Crippen LogP contribution in [0.1, 0.15) is 37.7 Å². The molecular weight excluding hydrogens is 314 g/mol. The van der Waals surface area contributed by atoms with Crippen LogP contribution in [0.4, 0.5) is 0 Å². The highest BCUT2D eigenvalue weighted by Gasteiger charge is 2.23. The largest absolute Gasteiger partial charge is 0.494 e. The zero-order valence-electron chi connectivity index (χ0n) is 15.2.